The molecule has 2 rings (SSSR count). The molecule has 0 atom stereocenters. The molecule has 0 fully saturated rings. The fraction of sp³-hybridized carbons (Fsp3) is 0.333. The number of nitrogens with zero attached hydrogens (tertiary/aromatic N) is 4. The van der Waals surface area contributed by atoms with Crippen molar-refractivity contribution >= 4 is 21.8 Å². The van der Waals surface area contributed by atoms with Gasteiger partial charge >= 0.3 is 0 Å². The first-order valence-electron chi connectivity index (χ1n) is 6.01. The Kier molecular flexibility index (Phi) is 3.94. The van der Waals surface area contributed by atoms with E-state index in [1.807, 2.05) is 13.8 Å². The lowest BCUT2D eigenvalue weighted by molar-refractivity contribution is 0.779. The number of nitrogen functional groups attached to an aromatic ring is 1. The van der Waals surface area contributed by atoms with Crippen molar-refractivity contribution in [1.29, 1.82) is 5.41 Å². The molecular weight excluding hydrogens is 308 g/mol. The SMILES string of the molecule is CCc1nnc(-n2cc(Br)cn2)c(C(=N)N)c1CC. The third-order valence-corrected chi connectivity index (χ3v) is 3.27. The van der Waals surface area contributed by atoms with Gasteiger partial charge in [-0.15, -0.1) is 5.10 Å². The molecule has 2 heterocycles. The normalized spacial score (nSPS) is 10.7. The van der Waals surface area contributed by atoms with Crippen molar-refractivity contribution in [2.45, 2.75) is 26.7 Å². The van der Waals surface area contributed by atoms with Crippen molar-refractivity contribution < 1.29 is 0 Å². The maximum atomic E-state index is 7.81. The van der Waals surface area contributed by atoms with Crippen LogP contribution in [0.1, 0.15) is 30.7 Å². The van der Waals surface area contributed by atoms with E-state index in [0.717, 1.165) is 28.6 Å². The minimum atomic E-state index is -0.0110. The Bertz CT molecular complexity index is 619. The Morgan fingerprint density at radius 1 is 1.37 bits per heavy atom. The van der Waals surface area contributed by atoms with Crippen molar-refractivity contribution in [2.75, 3.05) is 0 Å². The highest BCUT2D eigenvalue weighted by Gasteiger charge is 2.18. The number of aromatic nitrogens is 4. The monoisotopic (exact) mass is 322 g/mol. The predicted molar refractivity (Wildman–Crippen MR) is 76.6 cm³/mol. The summed E-state index contributed by atoms with van der Waals surface area (Å²) in [5, 5.41) is 20.4. The summed E-state index contributed by atoms with van der Waals surface area (Å²) in [5.41, 5.74) is 8.18. The molecule has 0 saturated carbocycles. The van der Waals surface area contributed by atoms with Crippen LogP contribution in [0.3, 0.4) is 0 Å². The zero-order chi connectivity index (χ0) is 14.0. The van der Waals surface area contributed by atoms with Crippen LogP contribution in [0.5, 0.6) is 0 Å². The molecule has 0 saturated heterocycles. The second-order valence-electron chi connectivity index (χ2n) is 4.05. The van der Waals surface area contributed by atoms with Crippen LogP contribution in [-0.4, -0.2) is 25.8 Å². The number of halogens is 1. The third-order valence-electron chi connectivity index (χ3n) is 2.87. The molecule has 0 radical (unpaired) electrons. The van der Waals surface area contributed by atoms with Crippen LogP contribution in [0, 0.1) is 5.41 Å². The summed E-state index contributed by atoms with van der Waals surface area (Å²) in [7, 11) is 0. The Morgan fingerprint density at radius 3 is 2.58 bits per heavy atom. The number of hydrogen-bond acceptors (Lipinski definition) is 4. The van der Waals surface area contributed by atoms with Gasteiger partial charge < -0.3 is 5.73 Å². The summed E-state index contributed by atoms with van der Waals surface area (Å²) in [4.78, 5) is 0. The van der Waals surface area contributed by atoms with Crippen LogP contribution in [0.25, 0.3) is 5.82 Å². The van der Waals surface area contributed by atoms with Crippen LogP contribution in [0.4, 0.5) is 0 Å². The summed E-state index contributed by atoms with van der Waals surface area (Å²) in [6.45, 7) is 4.03. The zero-order valence-electron chi connectivity index (χ0n) is 10.8. The lowest BCUT2D eigenvalue weighted by Gasteiger charge is -2.13. The molecule has 19 heavy (non-hydrogen) atoms. The van der Waals surface area contributed by atoms with Gasteiger partial charge in [-0.2, -0.15) is 10.2 Å². The van der Waals surface area contributed by atoms with Gasteiger partial charge in [0.05, 0.1) is 21.9 Å². The van der Waals surface area contributed by atoms with Gasteiger partial charge in [0.1, 0.15) is 5.84 Å². The van der Waals surface area contributed by atoms with E-state index < -0.39 is 0 Å². The van der Waals surface area contributed by atoms with Crippen molar-refractivity contribution in [2.24, 2.45) is 5.73 Å². The van der Waals surface area contributed by atoms with Crippen LogP contribution in [0.15, 0.2) is 16.9 Å². The summed E-state index contributed by atoms with van der Waals surface area (Å²) in [5.74, 6) is 0.482. The van der Waals surface area contributed by atoms with Gasteiger partial charge in [-0.1, -0.05) is 13.8 Å². The highest BCUT2D eigenvalue weighted by molar-refractivity contribution is 9.10. The van der Waals surface area contributed by atoms with Crippen molar-refractivity contribution in [3.8, 4) is 5.82 Å². The summed E-state index contributed by atoms with van der Waals surface area (Å²) in [6, 6.07) is 0. The highest BCUT2D eigenvalue weighted by atomic mass is 79.9. The van der Waals surface area contributed by atoms with E-state index in [4.69, 9.17) is 11.1 Å². The Morgan fingerprint density at radius 2 is 2.11 bits per heavy atom. The van der Waals surface area contributed by atoms with Crippen molar-refractivity contribution in [3.05, 3.63) is 33.7 Å². The first-order valence-corrected chi connectivity index (χ1v) is 6.81. The number of hydrogen-bond donors (Lipinski definition) is 2. The van der Waals surface area contributed by atoms with Gasteiger partial charge in [-0.05, 0) is 34.3 Å². The molecule has 2 aromatic heterocycles. The highest BCUT2D eigenvalue weighted by Crippen LogP contribution is 2.20. The molecule has 0 unspecified atom stereocenters. The molecule has 7 heteroatoms. The minimum Gasteiger partial charge on any atom is -0.384 e. The van der Waals surface area contributed by atoms with Crippen molar-refractivity contribution in [3.63, 3.8) is 0 Å². The number of amidine groups is 1. The lowest BCUT2D eigenvalue weighted by Crippen LogP contribution is -2.21. The molecule has 0 aliphatic rings. The quantitative estimate of drug-likeness (QED) is 0.663. The molecule has 3 N–H and O–H groups in total. The second kappa shape index (κ2) is 5.48. The fourth-order valence-corrected chi connectivity index (χ4v) is 2.31. The minimum absolute atomic E-state index is 0.0110. The fourth-order valence-electron chi connectivity index (χ4n) is 2.02. The van der Waals surface area contributed by atoms with E-state index in [-0.39, 0.29) is 5.84 Å². The maximum Gasteiger partial charge on any atom is 0.186 e. The predicted octanol–water partition coefficient (Wildman–Crippen LogP) is 1.83. The van der Waals surface area contributed by atoms with E-state index in [1.54, 1.807) is 17.1 Å². The van der Waals surface area contributed by atoms with Crippen LogP contribution in [-0.2, 0) is 12.8 Å². The Balaban J connectivity index is 2.71. The summed E-state index contributed by atoms with van der Waals surface area (Å²) < 4.78 is 2.41. The summed E-state index contributed by atoms with van der Waals surface area (Å²) >= 11 is 3.34. The van der Waals surface area contributed by atoms with Crippen molar-refractivity contribution in [1.82, 2.24) is 20.0 Å². The maximum absolute atomic E-state index is 7.81. The molecular formula is C12H15BrN6. The Hall–Kier alpha value is -1.76. The first-order chi connectivity index (χ1) is 9.08. The molecule has 0 bridgehead atoms. The molecule has 2 aromatic rings. The number of aryl methyl sites for hydroxylation is 1. The van der Waals surface area contributed by atoms with Gasteiger partial charge in [0.2, 0.25) is 0 Å². The molecule has 0 amide bonds. The lowest BCUT2D eigenvalue weighted by atomic mass is 10.0. The molecule has 100 valence electrons. The van der Waals surface area contributed by atoms with E-state index in [2.05, 4.69) is 31.2 Å². The van der Waals surface area contributed by atoms with E-state index in [1.165, 1.54) is 0 Å². The molecule has 0 aliphatic carbocycles. The second-order valence-corrected chi connectivity index (χ2v) is 4.96. The molecule has 0 spiro atoms. The third kappa shape index (κ3) is 2.51. The topological polar surface area (TPSA) is 93.5 Å². The average molecular weight is 323 g/mol. The standard InChI is InChI=1S/C12H15BrN6/c1-3-8-9(4-2)17-18-12(10(8)11(14)15)19-6-7(13)5-16-19/h5-6H,3-4H2,1-2H3,(H3,14,15). The smallest absolute Gasteiger partial charge is 0.186 e. The average Bonchev–Trinajstić information content (AvgIpc) is 2.83. The largest absolute Gasteiger partial charge is 0.384 e. The van der Waals surface area contributed by atoms with Gasteiger partial charge in [-0.3, -0.25) is 5.41 Å². The molecule has 0 aliphatic heterocycles. The number of nitrogens with one attached hydrogen (secondary N) is 1. The summed E-state index contributed by atoms with van der Waals surface area (Å²) in [6.07, 6.45) is 4.94. The molecule has 6 nitrogen and oxygen atoms in total. The van der Waals surface area contributed by atoms with Crippen LogP contribution in [0.2, 0.25) is 0 Å². The van der Waals surface area contributed by atoms with Gasteiger partial charge in [-0.25, -0.2) is 4.68 Å². The van der Waals surface area contributed by atoms with E-state index in [9.17, 15) is 0 Å². The van der Waals surface area contributed by atoms with E-state index in [0.29, 0.717) is 11.4 Å². The molecule has 0 aromatic carbocycles. The first kappa shape index (κ1) is 13.7. The van der Waals surface area contributed by atoms with E-state index >= 15 is 0 Å². The van der Waals surface area contributed by atoms with Gasteiger partial charge in [0.15, 0.2) is 5.82 Å². The number of rotatable bonds is 4. The van der Waals surface area contributed by atoms with Crippen LogP contribution < -0.4 is 5.73 Å². The Labute approximate surface area is 119 Å². The number of nitrogens with two attached hydrogens (primary N) is 1. The van der Waals surface area contributed by atoms with Gasteiger partial charge in [0.25, 0.3) is 0 Å². The van der Waals surface area contributed by atoms with Gasteiger partial charge in [0, 0.05) is 6.20 Å². The van der Waals surface area contributed by atoms with Crippen LogP contribution >= 0.6 is 15.9 Å². The zero-order valence-corrected chi connectivity index (χ0v) is 12.4.